The smallest absolute Gasteiger partial charge is 0.399 e. The molecule has 1 fully saturated rings. The lowest BCUT2D eigenvalue weighted by Gasteiger charge is -2.32. The summed E-state index contributed by atoms with van der Waals surface area (Å²) in [7, 11) is 2.17. The van der Waals surface area contributed by atoms with E-state index in [1.807, 2.05) is 114 Å². The van der Waals surface area contributed by atoms with Crippen molar-refractivity contribution >= 4 is 54.0 Å². The minimum absolute atomic E-state index is 0.301. The van der Waals surface area contributed by atoms with Gasteiger partial charge in [0.2, 0.25) is 5.13 Å². The van der Waals surface area contributed by atoms with E-state index < -0.39 is 15.2 Å². The zero-order valence-electron chi connectivity index (χ0n) is 36.4. The average Bonchev–Trinajstić information content (AvgIpc) is 4.00. The van der Waals surface area contributed by atoms with Crippen LogP contribution in [-0.2, 0) is 28.1 Å². The van der Waals surface area contributed by atoms with Gasteiger partial charge in [-0.3, -0.25) is 29.2 Å². The van der Waals surface area contributed by atoms with Gasteiger partial charge in [-0.2, -0.15) is 10.2 Å². The first-order valence-corrected chi connectivity index (χ1v) is 24.7. The number of nitrogens with zero attached hydrogens (tertiary/aromatic N) is 11. The molecule has 0 aliphatic carbocycles. The van der Waals surface area contributed by atoms with Gasteiger partial charge in [0.15, 0.2) is 0 Å². The van der Waals surface area contributed by atoms with Gasteiger partial charge >= 0.3 is 7.12 Å². The van der Waals surface area contributed by atoms with Gasteiger partial charge in [-0.05, 0) is 76.2 Å². The summed E-state index contributed by atoms with van der Waals surface area (Å²) in [6.45, 7) is 20.5. The number of hydrogen-bond acceptors (Lipinski definition) is 13. The molecular formula is C43H54BN11O3SSi. The lowest BCUT2D eigenvalue weighted by molar-refractivity contribution is 0.00578. The number of ether oxygens (including phenoxy) is 1. The Morgan fingerprint density at radius 2 is 1.47 bits per heavy atom. The largest absolute Gasteiger partial charge is 0.498 e. The van der Waals surface area contributed by atoms with Gasteiger partial charge in [0.05, 0.1) is 33.6 Å². The molecule has 7 aromatic heterocycles. The van der Waals surface area contributed by atoms with Crippen LogP contribution in [0, 0.1) is 0 Å². The molecule has 8 heterocycles. The number of aryl methyl sites for hydroxylation is 2. The first kappa shape index (κ1) is 42.9. The van der Waals surface area contributed by atoms with E-state index in [-0.39, 0.29) is 11.2 Å². The molecule has 0 spiro atoms. The van der Waals surface area contributed by atoms with Gasteiger partial charge in [0.25, 0.3) is 0 Å². The fourth-order valence-electron chi connectivity index (χ4n) is 6.36. The van der Waals surface area contributed by atoms with Gasteiger partial charge in [-0.25, -0.2) is 4.98 Å². The SMILES string of the molecule is CC(C)c1nnc(N(COCC[Si](C)(C)C)c2ccc3ncc(-c4cn(C)nc4-c4ccccn4)cc3n2)s1.Cn1cc(B2OC(C)(C)C(C)(C)O2)c(-c2ccccn2)n1. The molecule has 0 aromatic carbocycles. The van der Waals surface area contributed by atoms with Crippen LogP contribution < -0.4 is 10.4 Å². The molecule has 1 aliphatic heterocycles. The summed E-state index contributed by atoms with van der Waals surface area (Å²) >= 11 is 1.57. The first-order valence-electron chi connectivity index (χ1n) is 20.2. The fraction of sp³-hybridized carbons (Fsp3) is 0.395. The molecule has 14 nitrogen and oxygen atoms in total. The second kappa shape index (κ2) is 17.4. The quantitative estimate of drug-likeness (QED) is 0.0663. The van der Waals surface area contributed by atoms with E-state index in [0.29, 0.717) is 19.3 Å². The van der Waals surface area contributed by atoms with E-state index >= 15 is 0 Å². The Labute approximate surface area is 357 Å². The Hall–Kier alpha value is -5.20. The molecule has 60 heavy (non-hydrogen) atoms. The third-order valence-corrected chi connectivity index (χ3v) is 13.4. The van der Waals surface area contributed by atoms with Crippen molar-refractivity contribution in [3.05, 3.63) is 90.6 Å². The van der Waals surface area contributed by atoms with Crippen LogP contribution in [0.4, 0.5) is 10.9 Å². The van der Waals surface area contributed by atoms with E-state index in [1.54, 1.807) is 33.1 Å². The van der Waals surface area contributed by atoms with Crippen LogP contribution in [-0.4, -0.2) is 89.4 Å². The lowest BCUT2D eigenvalue weighted by Crippen LogP contribution is -2.41. The summed E-state index contributed by atoms with van der Waals surface area (Å²) < 4.78 is 22.0. The Balaban J connectivity index is 0.000000218. The second-order valence-electron chi connectivity index (χ2n) is 17.5. The number of anilines is 2. The Morgan fingerprint density at radius 3 is 2.08 bits per heavy atom. The van der Waals surface area contributed by atoms with Crippen molar-refractivity contribution in [3.63, 3.8) is 0 Å². The molecular weight excluding hydrogens is 790 g/mol. The number of aromatic nitrogens is 10. The number of hydrogen-bond donors (Lipinski definition) is 0. The molecule has 0 N–H and O–H groups in total. The molecule has 1 aliphatic rings. The van der Waals surface area contributed by atoms with E-state index in [1.165, 1.54) is 0 Å². The van der Waals surface area contributed by atoms with Crippen molar-refractivity contribution in [1.82, 2.24) is 49.7 Å². The molecule has 0 atom stereocenters. The highest BCUT2D eigenvalue weighted by Crippen LogP contribution is 2.37. The number of rotatable bonds is 12. The van der Waals surface area contributed by atoms with Crippen LogP contribution in [0.2, 0.25) is 25.7 Å². The van der Waals surface area contributed by atoms with Gasteiger partial charge in [-0.15, -0.1) is 10.2 Å². The molecule has 312 valence electrons. The summed E-state index contributed by atoms with van der Waals surface area (Å²) in [6, 6.07) is 18.7. The highest BCUT2D eigenvalue weighted by atomic mass is 32.1. The molecule has 0 saturated carbocycles. The van der Waals surface area contributed by atoms with Crippen LogP contribution in [0.5, 0.6) is 0 Å². The van der Waals surface area contributed by atoms with Crippen LogP contribution in [0.3, 0.4) is 0 Å². The van der Waals surface area contributed by atoms with E-state index in [0.717, 1.165) is 72.4 Å². The maximum absolute atomic E-state index is 6.15. The van der Waals surface area contributed by atoms with Gasteiger partial charge in [0.1, 0.15) is 28.9 Å². The Morgan fingerprint density at radius 1 is 0.817 bits per heavy atom. The summed E-state index contributed by atoms with van der Waals surface area (Å²) in [5, 5.41) is 19.8. The zero-order chi connectivity index (χ0) is 42.8. The van der Waals surface area contributed by atoms with Crippen molar-refractivity contribution in [2.24, 2.45) is 14.1 Å². The average molecular weight is 844 g/mol. The van der Waals surface area contributed by atoms with Gasteiger partial charge in [0, 0.05) is 82.3 Å². The summed E-state index contributed by atoms with van der Waals surface area (Å²) in [5.74, 6) is 1.05. The second-order valence-corrected chi connectivity index (χ2v) is 24.1. The maximum atomic E-state index is 6.15. The molecule has 0 unspecified atom stereocenters. The van der Waals surface area contributed by atoms with Crippen LogP contribution in [0.25, 0.3) is 44.9 Å². The van der Waals surface area contributed by atoms with Crippen molar-refractivity contribution in [3.8, 4) is 33.9 Å². The standard InChI is InChI=1S/C28H34N8OSSi.C15H20BN3O2/c1-19(2)27-32-33-28(38-27)36(18-37-13-14-39(4,5)6)25-11-10-22-24(31-25)15-20(16-30-22)21-17-35(3)34-26(21)23-9-7-8-12-29-23;1-14(2)15(3,4)21-16(20-14)11-10-19(5)18-13(11)12-8-6-7-9-17-12/h7-12,15-17,19H,13-14,18H2,1-6H3;6-10H,1-5H3. The van der Waals surface area contributed by atoms with E-state index in [9.17, 15) is 0 Å². The van der Waals surface area contributed by atoms with Crippen molar-refractivity contribution in [2.75, 3.05) is 18.2 Å². The molecule has 7 aromatic rings. The molecule has 1 saturated heterocycles. The molecule has 0 radical (unpaired) electrons. The number of pyridine rings is 4. The van der Waals surface area contributed by atoms with Crippen molar-refractivity contribution in [2.45, 2.75) is 84.3 Å². The molecule has 8 rings (SSSR count). The predicted octanol–water partition coefficient (Wildman–Crippen LogP) is 8.30. The maximum Gasteiger partial charge on any atom is 0.498 e. The highest BCUT2D eigenvalue weighted by Gasteiger charge is 2.53. The zero-order valence-corrected chi connectivity index (χ0v) is 38.2. The van der Waals surface area contributed by atoms with E-state index in [2.05, 4.69) is 69.9 Å². The van der Waals surface area contributed by atoms with Crippen LogP contribution in [0.1, 0.15) is 52.5 Å². The fourth-order valence-corrected chi connectivity index (χ4v) is 7.96. The summed E-state index contributed by atoms with van der Waals surface area (Å²) in [6.07, 6.45) is 9.33. The topological polar surface area (TPSA) is 144 Å². The minimum Gasteiger partial charge on any atom is -0.399 e. The minimum atomic E-state index is -1.21. The monoisotopic (exact) mass is 843 g/mol. The first-order chi connectivity index (χ1) is 28.5. The Kier molecular flexibility index (Phi) is 12.5. The molecule has 0 amide bonds. The normalized spacial score (nSPS) is 14.8. The van der Waals surface area contributed by atoms with Gasteiger partial charge < -0.3 is 14.0 Å². The van der Waals surface area contributed by atoms with Gasteiger partial charge in [-0.1, -0.05) is 57.0 Å². The van der Waals surface area contributed by atoms with Crippen LogP contribution >= 0.6 is 11.3 Å². The highest BCUT2D eigenvalue weighted by molar-refractivity contribution is 7.15. The van der Waals surface area contributed by atoms with Crippen molar-refractivity contribution in [1.29, 1.82) is 0 Å². The molecule has 17 heteroatoms. The predicted molar refractivity (Wildman–Crippen MR) is 242 cm³/mol. The Bertz CT molecular complexity index is 2520. The summed E-state index contributed by atoms with van der Waals surface area (Å²) in [5.41, 5.74) is 6.90. The number of fused-ring (bicyclic) bond motifs is 1. The third kappa shape index (κ3) is 9.71. The lowest BCUT2D eigenvalue weighted by atomic mass is 9.78. The van der Waals surface area contributed by atoms with E-state index in [4.69, 9.17) is 24.0 Å². The van der Waals surface area contributed by atoms with Crippen LogP contribution in [0.15, 0.2) is 85.6 Å². The van der Waals surface area contributed by atoms with Crippen molar-refractivity contribution < 1.29 is 14.0 Å². The summed E-state index contributed by atoms with van der Waals surface area (Å²) in [4.78, 5) is 20.6. The molecule has 0 bridgehead atoms. The third-order valence-electron chi connectivity index (χ3n) is 10.5.